The summed E-state index contributed by atoms with van der Waals surface area (Å²) in [5, 5.41) is 15.3. The topological polar surface area (TPSA) is 136 Å². The Hall–Kier alpha value is -3.47. The maximum absolute atomic E-state index is 13.4. The molecule has 1 aliphatic heterocycles. The normalized spacial score (nSPS) is 19.0. The van der Waals surface area contributed by atoms with E-state index in [0.29, 0.717) is 43.8 Å². The number of fused-ring (bicyclic) bond motifs is 1. The smallest absolute Gasteiger partial charge is 0.321 e. The minimum absolute atomic E-state index is 0.0613. The minimum Gasteiger partial charge on any atom is -0.337 e. The predicted octanol–water partition coefficient (Wildman–Crippen LogP) is 1.35. The lowest BCUT2D eigenvalue weighted by atomic mass is 9.89. The van der Waals surface area contributed by atoms with Crippen LogP contribution < -0.4 is 10.6 Å². The zero-order chi connectivity index (χ0) is 24.8. The molecule has 1 saturated heterocycles. The van der Waals surface area contributed by atoms with Crippen LogP contribution >= 0.6 is 0 Å². The van der Waals surface area contributed by atoms with Crippen LogP contribution in [0.25, 0.3) is 5.65 Å². The summed E-state index contributed by atoms with van der Waals surface area (Å²) in [5.74, 6) is -1.27. The highest BCUT2D eigenvalue weighted by molar-refractivity contribution is 5.99. The van der Waals surface area contributed by atoms with Crippen molar-refractivity contribution in [2.75, 3.05) is 19.6 Å². The Morgan fingerprint density at radius 3 is 2.77 bits per heavy atom. The second-order valence-corrected chi connectivity index (χ2v) is 9.29. The lowest BCUT2D eigenvalue weighted by molar-refractivity contribution is -0.159. The number of imide groups is 1. The van der Waals surface area contributed by atoms with Gasteiger partial charge < -0.3 is 14.6 Å². The quantitative estimate of drug-likeness (QED) is 0.279. The Morgan fingerprint density at radius 1 is 1.20 bits per heavy atom. The number of carbonyl (C=O) groups is 4. The van der Waals surface area contributed by atoms with Gasteiger partial charge in [-0.1, -0.05) is 18.9 Å². The Bertz CT molecular complexity index is 1070. The van der Waals surface area contributed by atoms with E-state index >= 15 is 0 Å². The Morgan fingerprint density at radius 2 is 2.00 bits per heavy atom. The fourth-order valence-electron chi connectivity index (χ4n) is 5.22. The van der Waals surface area contributed by atoms with Crippen molar-refractivity contribution < 1.29 is 24.4 Å². The highest BCUT2D eigenvalue weighted by atomic mass is 16.5. The van der Waals surface area contributed by atoms with Gasteiger partial charge in [-0.25, -0.2) is 14.8 Å². The Kier molecular flexibility index (Phi) is 7.96. The van der Waals surface area contributed by atoms with E-state index in [2.05, 4.69) is 15.6 Å². The summed E-state index contributed by atoms with van der Waals surface area (Å²) < 4.78 is 1.90. The monoisotopic (exact) mass is 484 g/mol. The zero-order valence-corrected chi connectivity index (χ0v) is 19.6. The second-order valence-electron chi connectivity index (χ2n) is 9.29. The van der Waals surface area contributed by atoms with Crippen LogP contribution in [0.15, 0.2) is 30.7 Å². The summed E-state index contributed by atoms with van der Waals surface area (Å²) >= 11 is 0. The first-order valence-electron chi connectivity index (χ1n) is 12.2. The molecule has 2 aliphatic rings. The molecule has 35 heavy (non-hydrogen) atoms. The van der Waals surface area contributed by atoms with E-state index in [0.717, 1.165) is 36.9 Å². The Labute approximate surface area is 203 Å². The highest BCUT2D eigenvalue weighted by Crippen LogP contribution is 2.34. The van der Waals surface area contributed by atoms with Crippen molar-refractivity contribution >= 4 is 29.9 Å². The van der Waals surface area contributed by atoms with Gasteiger partial charge in [0.25, 0.3) is 5.91 Å². The summed E-state index contributed by atoms with van der Waals surface area (Å²) in [7, 11) is 0. The van der Waals surface area contributed by atoms with Crippen LogP contribution in [-0.2, 0) is 20.8 Å². The maximum atomic E-state index is 13.4. The molecule has 5 amide bonds. The van der Waals surface area contributed by atoms with Crippen molar-refractivity contribution in [2.45, 2.75) is 51.0 Å². The van der Waals surface area contributed by atoms with Crippen LogP contribution in [0.4, 0.5) is 4.79 Å². The number of aromatic nitrogens is 2. The number of amides is 5. The van der Waals surface area contributed by atoms with Crippen LogP contribution in [0.3, 0.4) is 0 Å². The van der Waals surface area contributed by atoms with E-state index < -0.39 is 23.9 Å². The largest absolute Gasteiger partial charge is 0.337 e. The van der Waals surface area contributed by atoms with Gasteiger partial charge in [0.15, 0.2) is 0 Å². The minimum atomic E-state index is -0.746. The number of rotatable bonds is 9. The number of nitrogens with zero attached hydrogens (tertiary/aromatic N) is 4. The van der Waals surface area contributed by atoms with Crippen molar-refractivity contribution in [3.8, 4) is 0 Å². The Balaban J connectivity index is 1.30. The number of hydroxylamine groups is 2. The molecule has 1 unspecified atom stereocenters. The standard InChI is InChI=1S/C24H32N6O5/c31-16-29(35)15-19(18-4-1-2-5-18)23(33)30-12-3-6-20(30)22(32)27-24(34)26-10-9-17-7-8-21-25-11-13-28(21)14-17/h7-8,11,13-14,16,18-20,35H,1-6,9-10,12,15H2,(H2,26,27,32,34)/t19?,20-/m0/s1. The van der Waals surface area contributed by atoms with Crippen LogP contribution in [-0.4, -0.2) is 74.5 Å². The number of likely N-dealkylation sites (tertiary alicyclic amines) is 1. The summed E-state index contributed by atoms with van der Waals surface area (Å²) in [6, 6.07) is 2.49. The predicted molar refractivity (Wildman–Crippen MR) is 125 cm³/mol. The van der Waals surface area contributed by atoms with Gasteiger partial charge in [0.2, 0.25) is 12.3 Å². The number of imidazole rings is 1. The molecule has 2 aromatic rings. The first-order valence-corrected chi connectivity index (χ1v) is 12.2. The van der Waals surface area contributed by atoms with Gasteiger partial charge in [0.05, 0.1) is 12.5 Å². The van der Waals surface area contributed by atoms with Gasteiger partial charge in [-0.3, -0.25) is 24.9 Å². The molecular formula is C24H32N6O5. The third-order valence-electron chi connectivity index (χ3n) is 7.02. The first kappa shape index (κ1) is 24.6. The van der Waals surface area contributed by atoms with E-state index in [-0.39, 0.29) is 18.4 Å². The number of nitrogens with one attached hydrogen (secondary N) is 2. The third-order valence-corrected chi connectivity index (χ3v) is 7.02. The van der Waals surface area contributed by atoms with Gasteiger partial charge in [0, 0.05) is 31.7 Å². The molecule has 1 saturated carbocycles. The molecule has 0 spiro atoms. The molecule has 0 radical (unpaired) electrons. The fraction of sp³-hybridized carbons (Fsp3) is 0.542. The van der Waals surface area contributed by atoms with Crippen LogP contribution in [0.2, 0.25) is 0 Å². The van der Waals surface area contributed by atoms with Crippen LogP contribution in [0.5, 0.6) is 0 Å². The zero-order valence-electron chi connectivity index (χ0n) is 19.6. The van der Waals surface area contributed by atoms with Gasteiger partial charge in [-0.15, -0.1) is 0 Å². The van der Waals surface area contributed by atoms with Crippen molar-refractivity contribution in [3.63, 3.8) is 0 Å². The number of hydrogen-bond donors (Lipinski definition) is 3. The lowest BCUT2D eigenvalue weighted by Crippen LogP contribution is -2.53. The molecule has 2 fully saturated rings. The van der Waals surface area contributed by atoms with Gasteiger partial charge in [-0.2, -0.15) is 0 Å². The number of carbonyl (C=O) groups excluding carboxylic acids is 4. The van der Waals surface area contributed by atoms with E-state index in [1.807, 2.05) is 28.9 Å². The molecule has 0 bridgehead atoms. The van der Waals surface area contributed by atoms with Crippen molar-refractivity contribution in [3.05, 3.63) is 36.3 Å². The van der Waals surface area contributed by atoms with Gasteiger partial charge in [0.1, 0.15) is 11.7 Å². The van der Waals surface area contributed by atoms with E-state index in [1.54, 1.807) is 6.20 Å². The van der Waals surface area contributed by atoms with E-state index in [4.69, 9.17) is 0 Å². The average Bonchev–Trinajstić information content (AvgIpc) is 3.63. The molecule has 11 heteroatoms. The molecule has 1 aliphatic carbocycles. The average molecular weight is 485 g/mol. The van der Waals surface area contributed by atoms with Crippen molar-refractivity contribution in [1.82, 2.24) is 30.0 Å². The van der Waals surface area contributed by atoms with Crippen molar-refractivity contribution in [1.29, 1.82) is 0 Å². The first-order chi connectivity index (χ1) is 17.0. The second kappa shape index (κ2) is 11.3. The number of hydrogen-bond acceptors (Lipinski definition) is 6. The fourth-order valence-corrected chi connectivity index (χ4v) is 5.22. The molecule has 3 N–H and O–H groups in total. The molecule has 2 aromatic heterocycles. The number of pyridine rings is 1. The molecule has 11 nitrogen and oxygen atoms in total. The molecule has 188 valence electrons. The molecular weight excluding hydrogens is 452 g/mol. The summed E-state index contributed by atoms with van der Waals surface area (Å²) in [6.07, 6.45) is 11.2. The summed E-state index contributed by atoms with van der Waals surface area (Å²) in [5.41, 5.74) is 1.86. The highest BCUT2D eigenvalue weighted by Gasteiger charge is 2.41. The van der Waals surface area contributed by atoms with E-state index in [9.17, 15) is 24.4 Å². The van der Waals surface area contributed by atoms with Gasteiger partial charge in [-0.05, 0) is 49.7 Å². The van der Waals surface area contributed by atoms with E-state index in [1.165, 1.54) is 4.90 Å². The third kappa shape index (κ3) is 5.97. The molecule has 0 aromatic carbocycles. The van der Waals surface area contributed by atoms with Crippen molar-refractivity contribution in [2.24, 2.45) is 11.8 Å². The lowest BCUT2D eigenvalue weighted by Gasteiger charge is -2.31. The van der Waals surface area contributed by atoms with Crippen LogP contribution in [0, 0.1) is 11.8 Å². The SMILES string of the molecule is O=CN(O)CC(C(=O)N1CCC[C@H]1C(=O)NC(=O)NCCc1ccc2nccn2c1)C1CCCC1. The maximum Gasteiger partial charge on any atom is 0.321 e. The molecule has 4 rings (SSSR count). The van der Waals surface area contributed by atoms with Crippen LogP contribution in [0.1, 0.15) is 44.1 Å². The molecule has 2 atom stereocenters. The molecule has 3 heterocycles. The van der Waals surface area contributed by atoms with Gasteiger partial charge >= 0.3 is 6.03 Å². The number of urea groups is 1. The summed E-state index contributed by atoms with van der Waals surface area (Å²) in [6.45, 7) is 0.655. The summed E-state index contributed by atoms with van der Waals surface area (Å²) in [4.78, 5) is 55.2.